The third-order valence-electron chi connectivity index (χ3n) is 3.08. The van der Waals surface area contributed by atoms with Crippen molar-refractivity contribution in [1.82, 2.24) is 10.2 Å². The van der Waals surface area contributed by atoms with Crippen molar-refractivity contribution in [3.8, 4) is 0 Å². The highest BCUT2D eigenvalue weighted by molar-refractivity contribution is 5.82. The summed E-state index contributed by atoms with van der Waals surface area (Å²) in [5, 5.41) is 29.0. The quantitative estimate of drug-likeness (QED) is 0.519. The molecule has 1 aliphatic rings. The fourth-order valence-corrected chi connectivity index (χ4v) is 2.03. The fourth-order valence-electron chi connectivity index (χ4n) is 2.03. The van der Waals surface area contributed by atoms with Crippen LogP contribution in [0.3, 0.4) is 0 Å². The van der Waals surface area contributed by atoms with Crippen LogP contribution >= 0.6 is 0 Å². The van der Waals surface area contributed by atoms with Crippen LogP contribution in [0.4, 0.5) is 4.79 Å². The molecule has 7 nitrogen and oxygen atoms in total. The Hall–Kier alpha value is -1.34. The summed E-state index contributed by atoms with van der Waals surface area (Å²) in [6.07, 6.45) is 1.66. The highest BCUT2D eigenvalue weighted by Crippen LogP contribution is 2.15. The second-order valence-corrected chi connectivity index (χ2v) is 4.49. The van der Waals surface area contributed by atoms with Crippen molar-refractivity contribution in [3.63, 3.8) is 0 Å². The molecule has 0 spiro atoms. The molecular formula is C11H20N2O5. The predicted octanol–water partition coefficient (Wildman–Crippen LogP) is -0.764. The summed E-state index contributed by atoms with van der Waals surface area (Å²) < 4.78 is 0. The van der Waals surface area contributed by atoms with Crippen molar-refractivity contribution in [3.05, 3.63) is 0 Å². The minimum atomic E-state index is -1.16. The highest BCUT2D eigenvalue weighted by Gasteiger charge is 2.26. The van der Waals surface area contributed by atoms with E-state index in [0.29, 0.717) is 13.1 Å². The molecule has 1 unspecified atom stereocenters. The van der Waals surface area contributed by atoms with E-state index in [4.69, 9.17) is 15.3 Å². The van der Waals surface area contributed by atoms with Gasteiger partial charge < -0.3 is 25.5 Å². The molecule has 1 aliphatic heterocycles. The van der Waals surface area contributed by atoms with Crippen LogP contribution in [0.5, 0.6) is 0 Å². The molecule has 0 aromatic rings. The molecular weight excluding hydrogens is 240 g/mol. The van der Waals surface area contributed by atoms with Gasteiger partial charge in [0.1, 0.15) is 6.04 Å². The third kappa shape index (κ3) is 4.15. The SMILES string of the molecule is O=C(O)[C@@H](CCO)NC(=O)N1CCCC(CO)C1. The zero-order valence-electron chi connectivity index (χ0n) is 10.2. The van der Waals surface area contributed by atoms with Gasteiger partial charge in [-0.1, -0.05) is 0 Å². The Morgan fingerprint density at radius 1 is 1.39 bits per heavy atom. The number of nitrogens with zero attached hydrogens (tertiary/aromatic N) is 1. The van der Waals surface area contributed by atoms with E-state index in [1.165, 1.54) is 4.90 Å². The predicted molar refractivity (Wildman–Crippen MR) is 63.0 cm³/mol. The maximum atomic E-state index is 11.8. The van der Waals surface area contributed by atoms with E-state index in [2.05, 4.69) is 5.32 Å². The monoisotopic (exact) mass is 260 g/mol. The van der Waals surface area contributed by atoms with Gasteiger partial charge in [-0.25, -0.2) is 9.59 Å². The molecule has 1 rings (SSSR count). The standard InChI is InChI=1S/C11H20N2O5/c14-5-3-9(10(16)17)12-11(18)13-4-1-2-8(6-13)7-15/h8-9,14-15H,1-7H2,(H,12,18)(H,16,17)/t8?,9-/m1/s1. The maximum Gasteiger partial charge on any atom is 0.326 e. The lowest BCUT2D eigenvalue weighted by molar-refractivity contribution is -0.139. The van der Waals surface area contributed by atoms with Gasteiger partial charge in [-0.2, -0.15) is 0 Å². The molecule has 7 heteroatoms. The molecule has 0 aromatic heterocycles. The molecule has 0 saturated carbocycles. The minimum absolute atomic E-state index is 0.0155. The third-order valence-corrected chi connectivity index (χ3v) is 3.08. The van der Waals surface area contributed by atoms with Crippen LogP contribution in [0.1, 0.15) is 19.3 Å². The minimum Gasteiger partial charge on any atom is -0.480 e. The van der Waals surface area contributed by atoms with Crippen LogP contribution in [0.15, 0.2) is 0 Å². The first kappa shape index (κ1) is 14.7. The van der Waals surface area contributed by atoms with E-state index in [1.807, 2.05) is 0 Å². The number of carbonyl (C=O) groups excluding carboxylic acids is 1. The van der Waals surface area contributed by atoms with Crippen LogP contribution in [-0.4, -0.2) is 64.6 Å². The zero-order chi connectivity index (χ0) is 13.5. The Morgan fingerprint density at radius 2 is 2.11 bits per heavy atom. The van der Waals surface area contributed by atoms with E-state index >= 15 is 0 Å². The van der Waals surface area contributed by atoms with Gasteiger partial charge >= 0.3 is 12.0 Å². The summed E-state index contributed by atoms with van der Waals surface area (Å²) >= 11 is 0. The van der Waals surface area contributed by atoms with Crippen LogP contribution in [0.25, 0.3) is 0 Å². The maximum absolute atomic E-state index is 11.8. The molecule has 0 radical (unpaired) electrons. The average Bonchev–Trinajstić information content (AvgIpc) is 2.38. The van der Waals surface area contributed by atoms with Gasteiger partial charge in [0.2, 0.25) is 0 Å². The molecule has 1 heterocycles. The number of amides is 2. The van der Waals surface area contributed by atoms with Crippen molar-refractivity contribution >= 4 is 12.0 Å². The van der Waals surface area contributed by atoms with Gasteiger partial charge in [0.15, 0.2) is 0 Å². The van der Waals surface area contributed by atoms with Crippen molar-refractivity contribution in [1.29, 1.82) is 0 Å². The number of carboxylic acid groups (broad SMARTS) is 1. The summed E-state index contributed by atoms with van der Waals surface area (Å²) in [5.74, 6) is -1.10. The van der Waals surface area contributed by atoms with Crippen LogP contribution in [0, 0.1) is 5.92 Å². The topological polar surface area (TPSA) is 110 Å². The van der Waals surface area contributed by atoms with E-state index in [1.54, 1.807) is 0 Å². The number of hydrogen-bond donors (Lipinski definition) is 4. The first-order valence-electron chi connectivity index (χ1n) is 6.08. The molecule has 2 amide bonds. The van der Waals surface area contributed by atoms with Gasteiger partial charge in [-0.05, 0) is 18.8 Å². The smallest absolute Gasteiger partial charge is 0.326 e. The Kier molecular flexibility index (Phi) is 5.87. The molecule has 18 heavy (non-hydrogen) atoms. The average molecular weight is 260 g/mol. The fraction of sp³-hybridized carbons (Fsp3) is 0.818. The van der Waals surface area contributed by atoms with Gasteiger partial charge in [0.05, 0.1) is 0 Å². The summed E-state index contributed by atoms with van der Waals surface area (Å²) in [6, 6.07) is -1.52. The molecule has 0 bridgehead atoms. The van der Waals surface area contributed by atoms with Crippen molar-refractivity contribution in [2.75, 3.05) is 26.3 Å². The second-order valence-electron chi connectivity index (χ2n) is 4.49. The van der Waals surface area contributed by atoms with Crippen LogP contribution in [-0.2, 0) is 4.79 Å². The number of aliphatic carboxylic acids is 1. The van der Waals surface area contributed by atoms with Crippen molar-refractivity contribution in [2.45, 2.75) is 25.3 Å². The summed E-state index contributed by atoms with van der Waals surface area (Å²) in [6.45, 7) is 0.737. The first-order valence-corrected chi connectivity index (χ1v) is 6.08. The van der Waals surface area contributed by atoms with Gasteiger partial charge in [0.25, 0.3) is 0 Å². The number of aliphatic hydroxyl groups is 2. The number of carbonyl (C=O) groups is 2. The number of piperidine rings is 1. The Bertz CT molecular complexity index is 297. The summed E-state index contributed by atoms with van der Waals surface area (Å²) in [7, 11) is 0. The molecule has 0 aromatic carbocycles. The summed E-state index contributed by atoms with van der Waals surface area (Å²) in [4.78, 5) is 24.2. The molecule has 1 fully saturated rings. The number of carboxylic acids is 1. The Balaban J connectivity index is 2.50. The lowest BCUT2D eigenvalue weighted by Crippen LogP contribution is -2.51. The first-order chi connectivity index (χ1) is 8.58. The summed E-state index contributed by atoms with van der Waals surface area (Å²) in [5.41, 5.74) is 0. The van der Waals surface area contributed by atoms with Gasteiger partial charge in [-0.3, -0.25) is 0 Å². The number of likely N-dealkylation sites (tertiary alicyclic amines) is 1. The van der Waals surface area contributed by atoms with E-state index < -0.39 is 18.0 Å². The zero-order valence-corrected chi connectivity index (χ0v) is 10.2. The number of nitrogens with one attached hydrogen (secondary N) is 1. The van der Waals surface area contributed by atoms with E-state index in [0.717, 1.165) is 12.8 Å². The Morgan fingerprint density at radius 3 is 2.67 bits per heavy atom. The van der Waals surface area contributed by atoms with Crippen molar-refractivity contribution in [2.24, 2.45) is 5.92 Å². The Labute approximate surface area is 105 Å². The van der Waals surface area contributed by atoms with Crippen LogP contribution in [0.2, 0.25) is 0 Å². The molecule has 1 saturated heterocycles. The second kappa shape index (κ2) is 7.17. The lowest BCUT2D eigenvalue weighted by Gasteiger charge is -2.32. The van der Waals surface area contributed by atoms with Crippen molar-refractivity contribution < 1.29 is 24.9 Å². The number of rotatable bonds is 5. The largest absolute Gasteiger partial charge is 0.480 e. The lowest BCUT2D eigenvalue weighted by atomic mass is 9.99. The van der Waals surface area contributed by atoms with Gasteiger partial charge in [0, 0.05) is 32.7 Å². The normalized spacial score (nSPS) is 21.4. The van der Waals surface area contributed by atoms with Crippen LogP contribution < -0.4 is 5.32 Å². The van der Waals surface area contributed by atoms with E-state index in [9.17, 15) is 9.59 Å². The highest BCUT2D eigenvalue weighted by atomic mass is 16.4. The number of aliphatic hydroxyl groups excluding tert-OH is 2. The molecule has 2 atom stereocenters. The number of urea groups is 1. The number of hydrogen-bond acceptors (Lipinski definition) is 4. The molecule has 4 N–H and O–H groups in total. The van der Waals surface area contributed by atoms with E-state index in [-0.39, 0.29) is 25.6 Å². The van der Waals surface area contributed by atoms with Gasteiger partial charge in [-0.15, -0.1) is 0 Å². The molecule has 104 valence electrons. The molecule has 0 aliphatic carbocycles.